The number of nitrogens with zero attached hydrogens (tertiary/aromatic N) is 1. The summed E-state index contributed by atoms with van der Waals surface area (Å²) in [6, 6.07) is 2.04. The van der Waals surface area contributed by atoms with Gasteiger partial charge >= 0.3 is 0 Å². The lowest BCUT2D eigenvalue weighted by atomic mass is 10.0. The molecule has 0 saturated heterocycles. The fourth-order valence-electron chi connectivity index (χ4n) is 3.50. The number of halogens is 2. The summed E-state index contributed by atoms with van der Waals surface area (Å²) in [5.74, 6) is 2.88. The van der Waals surface area contributed by atoms with Gasteiger partial charge in [-0.3, -0.25) is 4.98 Å². The Labute approximate surface area is 116 Å². The van der Waals surface area contributed by atoms with Crippen molar-refractivity contribution < 1.29 is 0 Å². The van der Waals surface area contributed by atoms with Crippen LogP contribution in [-0.2, 0) is 6.42 Å². The Balaban J connectivity index is 1.64. The molecule has 2 fully saturated rings. The van der Waals surface area contributed by atoms with Crippen LogP contribution in [0, 0.1) is 17.8 Å². The maximum Gasteiger partial charge on any atom is 0.0621 e. The molecular weight excluding hydrogens is 298 g/mol. The summed E-state index contributed by atoms with van der Waals surface area (Å²) < 4.78 is 0. The van der Waals surface area contributed by atoms with Gasteiger partial charge in [-0.15, -0.1) is 0 Å². The number of hydrogen-bond acceptors (Lipinski definition) is 1. The number of pyridine rings is 1. The highest BCUT2D eigenvalue weighted by Gasteiger charge is 2.53. The number of rotatable bonds is 3. The highest BCUT2D eigenvalue weighted by molar-refractivity contribution is 9.09. The van der Waals surface area contributed by atoms with Crippen molar-refractivity contribution in [2.45, 2.75) is 36.9 Å². The van der Waals surface area contributed by atoms with Crippen molar-refractivity contribution in [2.75, 3.05) is 0 Å². The topological polar surface area (TPSA) is 12.9 Å². The molecule has 1 heterocycles. The Morgan fingerprint density at radius 1 is 1.35 bits per heavy atom. The molecule has 92 valence electrons. The monoisotopic (exact) mass is 313 g/mol. The number of fused-ring (bicyclic) bond motifs is 1. The first-order valence-electron chi connectivity index (χ1n) is 6.50. The Kier molecular flexibility index (Phi) is 3.45. The predicted molar refractivity (Wildman–Crippen MR) is 74.6 cm³/mol. The molecule has 0 radical (unpaired) electrons. The van der Waals surface area contributed by atoms with Crippen molar-refractivity contribution in [2.24, 2.45) is 17.8 Å². The summed E-state index contributed by atoms with van der Waals surface area (Å²) in [5.41, 5.74) is 1.23. The lowest BCUT2D eigenvalue weighted by molar-refractivity contribution is 0.480. The van der Waals surface area contributed by atoms with Crippen LogP contribution < -0.4 is 0 Å². The standard InChI is InChI=1S/C14H17BrClN/c15-12(7-9-5-6-17-8-13(9)16)14-10-3-1-2-4-11(10)14/h5-6,8,10-12,14H,1-4,7H2. The minimum atomic E-state index is 0.593. The van der Waals surface area contributed by atoms with Gasteiger partial charge in [0.25, 0.3) is 0 Å². The molecule has 2 aliphatic rings. The second-order valence-electron chi connectivity index (χ2n) is 5.38. The van der Waals surface area contributed by atoms with Gasteiger partial charge in [-0.25, -0.2) is 0 Å². The van der Waals surface area contributed by atoms with Crippen molar-refractivity contribution in [3.8, 4) is 0 Å². The maximum absolute atomic E-state index is 6.16. The summed E-state index contributed by atoms with van der Waals surface area (Å²) >= 11 is 10.0. The minimum Gasteiger partial charge on any atom is -0.263 e. The molecule has 3 atom stereocenters. The van der Waals surface area contributed by atoms with E-state index >= 15 is 0 Å². The number of alkyl halides is 1. The zero-order chi connectivity index (χ0) is 11.8. The van der Waals surface area contributed by atoms with E-state index in [0.29, 0.717) is 4.83 Å². The molecule has 0 aliphatic heterocycles. The third-order valence-corrected chi connectivity index (χ3v) is 5.69. The SMILES string of the molecule is Clc1cnccc1CC(Br)C1C2CCCCC21. The lowest BCUT2D eigenvalue weighted by Crippen LogP contribution is -2.08. The van der Waals surface area contributed by atoms with E-state index in [0.717, 1.165) is 29.2 Å². The van der Waals surface area contributed by atoms with Crippen molar-refractivity contribution in [3.63, 3.8) is 0 Å². The van der Waals surface area contributed by atoms with Crippen molar-refractivity contribution in [1.29, 1.82) is 0 Å². The Morgan fingerprint density at radius 3 is 2.71 bits per heavy atom. The van der Waals surface area contributed by atoms with Crippen LogP contribution in [0.1, 0.15) is 31.2 Å². The van der Waals surface area contributed by atoms with Gasteiger partial charge in [-0.05, 0) is 48.6 Å². The fourth-order valence-corrected chi connectivity index (χ4v) is 4.83. The quantitative estimate of drug-likeness (QED) is 0.750. The van der Waals surface area contributed by atoms with E-state index in [-0.39, 0.29) is 0 Å². The van der Waals surface area contributed by atoms with Crippen LogP contribution in [0.3, 0.4) is 0 Å². The van der Waals surface area contributed by atoms with Crippen LogP contribution in [0.25, 0.3) is 0 Å². The van der Waals surface area contributed by atoms with Crippen molar-refractivity contribution in [3.05, 3.63) is 29.0 Å². The molecule has 0 amide bonds. The fraction of sp³-hybridized carbons (Fsp3) is 0.643. The average Bonchev–Trinajstić information content (AvgIpc) is 3.06. The zero-order valence-electron chi connectivity index (χ0n) is 9.78. The van der Waals surface area contributed by atoms with E-state index < -0.39 is 0 Å². The van der Waals surface area contributed by atoms with Crippen molar-refractivity contribution >= 4 is 27.5 Å². The van der Waals surface area contributed by atoms with Gasteiger partial charge in [-0.2, -0.15) is 0 Å². The van der Waals surface area contributed by atoms with E-state index in [1.807, 2.05) is 12.3 Å². The molecule has 3 rings (SSSR count). The van der Waals surface area contributed by atoms with E-state index in [2.05, 4.69) is 20.9 Å². The second kappa shape index (κ2) is 4.89. The smallest absolute Gasteiger partial charge is 0.0621 e. The van der Waals surface area contributed by atoms with E-state index in [1.165, 1.54) is 31.2 Å². The zero-order valence-corrected chi connectivity index (χ0v) is 12.1. The minimum absolute atomic E-state index is 0.593. The van der Waals surface area contributed by atoms with Crippen molar-refractivity contribution in [1.82, 2.24) is 4.98 Å². The van der Waals surface area contributed by atoms with Crippen LogP contribution in [0.5, 0.6) is 0 Å². The molecule has 0 N–H and O–H groups in total. The first-order valence-corrected chi connectivity index (χ1v) is 7.79. The molecule has 3 unspecified atom stereocenters. The first kappa shape index (κ1) is 12.0. The van der Waals surface area contributed by atoms with Gasteiger partial charge in [-0.1, -0.05) is 40.4 Å². The molecule has 3 heteroatoms. The molecule has 1 nitrogen and oxygen atoms in total. The molecule has 2 aliphatic carbocycles. The van der Waals surface area contributed by atoms with Crippen LogP contribution >= 0.6 is 27.5 Å². The third kappa shape index (κ3) is 2.39. The number of hydrogen-bond donors (Lipinski definition) is 0. The Bertz CT molecular complexity index is 397. The number of aromatic nitrogens is 1. The highest BCUT2D eigenvalue weighted by atomic mass is 79.9. The normalized spacial score (nSPS) is 32.9. The molecule has 0 bridgehead atoms. The van der Waals surface area contributed by atoms with Gasteiger partial charge in [0.15, 0.2) is 0 Å². The molecule has 2 saturated carbocycles. The van der Waals surface area contributed by atoms with Gasteiger partial charge < -0.3 is 0 Å². The van der Waals surface area contributed by atoms with Crippen LogP contribution in [0.2, 0.25) is 5.02 Å². The molecule has 0 spiro atoms. The van der Waals surface area contributed by atoms with E-state index in [4.69, 9.17) is 11.6 Å². The van der Waals surface area contributed by atoms with E-state index in [1.54, 1.807) is 6.20 Å². The first-order chi connectivity index (χ1) is 8.27. The van der Waals surface area contributed by atoms with Gasteiger partial charge in [0, 0.05) is 17.2 Å². The molecule has 1 aromatic heterocycles. The summed E-state index contributed by atoms with van der Waals surface area (Å²) in [6.07, 6.45) is 10.4. The summed E-state index contributed by atoms with van der Waals surface area (Å²) in [5, 5.41) is 0.806. The Morgan fingerprint density at radius 2 is 2.06 bits per heavy atom. The molecule has 17 heavy (non-hydrogen) atoms. The molecular formula is C14H17BrClN. The van der Waals surface area contributed by atoms with Gasteiger partial charge in [0.1, 0.15) is 0 Å². The van der Waals surface area contributed by atoms with E-state index in [9.17, 15) is 0 Å². The lowest BCUT2D eigenvalue weighted by Gasteiger charge is -2.10. The van der Waals surface area contributed by atoms with Gasteiger partial charge in [0.2, 0.25) is 0 Å². The van der Waals surface area contributed by atoms with Gasteiger partial charge in [0.05, 0.1) is 5.02 Å². The summed E-state index contributed by atoms with van der Waals surface area (Å²) in [7, 11) is 0. The van der Waals surface area contributed by atoms with Crippen LogP contribution in [0.4, 0.5) is 0 Å². The second-order valence-corrected chi connectivity index (χ2v) is 6.96. The summed E-state index contributed by atoms with van der Waals surface area (Å²) in [4.78, 5) is 4.63. The predicted octanol–water partition coefficient (Wildman–Crippen LogP) is 4.48. The highest BCUT2D eigenvalue weighted by Crippen LogP contribution is 2.58. The molecule has 1 aromatic rings. The third-order valence-electron chi connectivity index (χ3n) is 4.41. The Hall–Kier alpha value is -0.0800. The van der Waals surface area contributed by atoms with Crippen LogP contribution in [-0.4, -0.2) is 9.81 Å². The maximum atomic E-state index is 6.16. The molecule has 0 aromatic carbocycles. The average molecular weight is 315 g/mol. The van der Waals surface area contributed by atoms with Crippen LogP contribution in [0.15, 0.2) is 18.5 Å². The summed E-state index contributed by atoms with van der Waals surface area (Å²) in [6.45, 7) is 0. The largest absolute Gasteiger partial charge is 0.263 e.